The van der Waals surface area contributed by atoms with Crippen molar-refractivity contribution in [1.82, 2.24) is 35.0 Å². The molecule has 1 amide bonds. The number of anilines is 6. The van der Waals surface area contributed by atoms with E-state index in [4.69, 9.17) is 28.8 Å². The number of hydrogen-bond donors (Lipinski definition) is 9. The van der Waals surface area contributed by atoms with Gasteiger partial charge in [-0.05, 0) is 247 Å². The number of carboxylic acid groups (broad SMARTS) is 1. The third-order valence-corrected chi connectivity index (χ3v) is 19.8. The van der Waals surface area contributed by atoms with Gasteiger partial charge in [0.15, 0.2) is 17.4 Å². The zero-order chi connectivity index (χ0) is 72.2. The van der Waals surface area contributed by atoms with Crippen LogP contribution in [-0.4, -0.2) is 85.0 Å². The topological polar surface area (TPSA) is 269 Å². The van der Waals surface area contributed by atoms with Gasteiger partial charge in [0.05, 0.1) is 56.2 Å². The molecule has 0 aliphatic carbocycles. The van der Waals surface area contributed by atoms with Crippen LogP contribution in [0.2, 0.25) is 0 Å². The predicted octanol–water partition coefficient (Wildman–Crippen LogP) is 15.7. The number of amides is 1. The number of nitrogens with one attached hydrogen (secondary N) is 6. The molecule has 97 heavy (non-hydrogen) atoms. The van der Waals surface area contributed by atoms with E-state index < -0.39 is 17.0 Å². The fourth-order valence-corrected chi connectivity index (χ4v) is 12.5. The molecule has 0 radical (unpaired) electrons. The number of nitrogen functional groups attached to an aromatic ring is 1. The summed E-state index contributed by atoms with van der Waals surface area (Å²) in [4.78, 5) is 33.7. The van der Waals surface area contributed by atoms with Crippen molar-refractivity contribution in [2.24, 2.45) is 10.8 Å². The molecule has 11 N–H and O–H groups in total. The molecule has 0 unspecified atom stereocenters. The van der Waals surface area contributed by atoms with Gasteiger partial charge in [0.1, 0.15) is 17.2 Å². The van der Waals surface area contributed by atoms with Gasteiger partial charge in [-0.1, -0.05) is 88.8 Å². The van der Waals surface area contributed by atoms with Gasteiger partial charge in [0, 0.05) is 62.7 Å². The average molecular weight is 1460 g/mol. The molecule has 516 valence electrons. The standard InChI is InChI=1S/C14H19N3O.C13H15BrN4.C13H16N4.C12H15NO.C12H15NS.C7H8BrN.C4H9NO2/c1-9-6-5-7-12-11(9)8-13(14(3,4)15-12)17-16-10(2)18;1-7-9(14)5-6-10-11(7)18-8(2)16-17-12(18)13(3,4)15-10;1-8-6-5-7-10-11(8)17-9(2)15-16-12(17)13(3,4)14-10;2*1-8-5-4-6-10-9(8)7-11(14)12(2,3)13-10;1-5-3-2-4-6(8)7(5)9;1-4(2,5)3(6)7/h5-7,15H,8H2,1-4H3,(H,16,18);5-6,15H,1-4H3;5-7,14H,1-4H3;2*4-6,13H,7H2,1-3H3;2-4H,9H2,1H3;5H2,1-2H3,(H,6,7)/b17-13+;;;;;;. The van der Waals surface area contributed by atoms with Crippen LogP contribution in [0.4, 0.5) is 34.1 Å². The van der Waals surface area contributed by atoms with Crippen molar-refractivity contribution in [1.29, 1.82) is 0 Å². The maximum atomic E-state index is 11.8. The summed E-state index contributed by atoms with van der Waals surface area (Å²) in [5.74, 6) is 2.92. The molecule has 0 saturated carbocycles. The quantitative estimate of drug-likeness (QED) is 0.0442. The van der Waals surface area contributed by atoms with Crippen LogP contribution in [0, 0.1) is 55.4 Å². The average Bonchev–Trinajstić information content (AvgIpc) is 1.67. The Morgan fingerprint density at radius 3 is 1.39 bits per heavy atom. The number of nitrogens with zero attached hydrogens (tertiary/aromatic N) is 7. The highest BCUT2D eigenvalue weighted by Crippen LogP contribution is 2.42. The monoisotopic (exact) mass is 1460 g/mol. The summed E-state index contributed by atoms with van der Waals surface area (Å²) in [5, 5.41) is 46.7. The molecule has 19 nitrogen and oxygen atoms in total. The number of halogens is 2. The highest BCUT2D eigenvalue weighted by Gasteiger charge is 2.38. The van der Waals surface area contributed by atoms with E-state index in [2.05, 4.69) is 242 Å². The Morgan fingerprint density at radius 2 is 0.928 bits per heavy atom. The Kier molecular flexibility index (Phi) is 23.4. The van der Waals surface area contributed by atoms with Crippen LogP contribution in [0.15, 0.2) is 117 Å². The summed E-state index contributed by atoms with van der Waals surface area (Å²) in [5.41, 5.74) is 32.0. The maximum absolute atomic E-state index is 11.8. The van der Waals surface area contributed by atoms with Gasteiger partial charge >= 0.3 is 5.97 Å². The Labute approximate surface area is 594 Å². The number of carbonyl (C=O) groups is 3. The summed E-state index contributed by atoms with van der Waals surface area (Å²) in [6, 6.07) is 35.0. The first kappa shape index (κ1) is 76.1. The molecular weight excluding hydrogens is 1370 g/mol. The van der Waals surface area contributed by atoms with Gasteiger partial charge in [-0.3, -0.25) is 23.5 Å². The van der Waals surface area contributed by atoms with Crippen LogP contribution in [0.1, 0.15) is 163 Å². The largest absolute Gasteiger partial charge is 0.480 e. The molecule has 0 saturated heterocycles. The Hall–Kier alpha value is -8.31. The normalized spacial score (nSPS) is 16.4. The van der Waals surface area contributed by atoms with E-state index in [1.54, 1.807) is 0 Å². The van der Waals surface area contributed by atoms with E-state index in [9.17, 15) is 14.4 Å². The fourth-order valence-electron chi connectivity index (χ4n) is 11.5. The lowest BCUT2D eigenvalue weighted by atomic mass is 9.85. The molecule has 0 fully saturated rings. The number of hydrazone groups is 1. The number of nitrogens with two attached hydrogens (primary N) is 2. The lowest BCUT2D eigenvalue weighted by Gasteiger charge is -2.35. The molecule has 2 aromatic heterocycles. The summed E-state index contributed by atoms with van der Waals surface area (Å²) in [6.45, 7) is 41.6. The van der Waals surface area contributed by atoms with E-state index in [-0.39, 0.29) is 33.8 Å². The highest BCUT2D eigenvalue weighted by atomic mass is 79.9. The smallest absolute Gasteiger partial charge is 0.323 e. The lowest BCUT2D eigenvalue weighted by Crippen LogP contribution is -2.46. The Balaban J connectivity index is 0.000000162. The van der Waals surface area contributed by atoms with Crippen molar-refractivity contribution in [3.8, 4) is 11.4 Å². The molecule has 8 aromatic rings. The van der Waals surface area contributed by atoms with Crippen LogP contribution < -0.4 is 43.5 Å². The minimum Gasteiger partial charge on any atom is -0.480 e. The number of carboxylic acids is 1. The van der Waals surface area contributed by atoms with Crippen LogP contribution in [0.25, 0.3) is 11.4 Å². The minimum absolute atomic E-state index is 0.0455. The molecule has 0 atom stereocenters. The zero-order valence-electron chi connectivity index (χ0n) is 60.1. The molecule has 7 heterocycles. The van der Waals surface area contributed by atoms with Gasteiger partial charge in [0.2, 0.25) is 5.91 Å². The van der Waals surface area contributed by atoms with Gasteiger partial charge in [-0.25, -0.2) is 5.43 Å². The number of thiocarbonyl (C=S) groups is 1. The molecule has 5 aliphatic rings. The van der Waals surface area contributed by atoms with Gasteiger partial charge in [-0.2, -0.15) is 5.10 Å². The number of aryl methyl sites for hydroxylation is 7. The predicted molar refractivity (Wildman–Crippen MR) is 408 cm³/mol. The summed E-state index contributed by atoms with van der Waals surface area (Å²) in [6.07, 6.45) is 2.25. The summed E-state index contributed by atoms with van der Waals surface area (Å²) < 4.78 is 6.37. The van der Waals surface area contributed by atoms with E-state index in [1.807, 2.05) is 84.0 Å². The number of aromatic nitrogens is 6. The molecule has 6 aromatic carbocycles. The van der Waals surface area contributed by atoms with Crippen LogP contribution in [-0.2, 0) is 44.7 Å². The van der Waals surface area contributed by atoms with Gasteiger partial charge < -0.3 is 43.2 Å². The molecule has 13 rings (SSSR count). The van der Waals surface area contributed by atoms with Crippen molar-refractivity contribution in [3.63, 3.8) is 0 Å². The molecule has 0 bridgehead atoms. The Bertz CT molecular complexity index is 4230. The van der Waals surface area contributed by atoms with Gasteiger partial charge in [-0.15, -0.1) is 20.4 Å². The maximum Gasteiger partial charge on any atom is 0.323 e. The molecule has 22 heteroatoms. The third kappa shape index (κ3) is 17.7. The van der Waals surface area contributed by atoms with Crippen LogP contribution in [0.3, 0.4) is 0 Å². The minimum atomic E-state index is -1.08. The van der Waals surface area contributed by atoms with Crippen molar-refractivity contribution in [2.75, 3.05) is 32.3 Å². The van der Waals surface area contributed by atoms with Crippen molar-refractivity contribution < 1.29 is 19.5 Å². The zero-order valence-corrected chi connectivity index (χ0v) is 64.0. The summed E-state index contributed by atoms with van der Waals surface area (Å²) in [7, 11) is 0. The first-order valence-electron chi connectivity index (χ1n) is 32.3. The van der Waals surface area contributed by atoms with Crippen LogP contribution >= 0.6 is 44.1 Å². The number of hydrogen-bond acceptors (Lipinski definition) is 16. The van der Waals surface area contributed by atoms with Gasteiger partial charge in [0.25, 0.3) is 0 Å². The lowest BCUT2D eigenvalue weighted by molar-refractivity contribution is -0.142. The first-order valence-corrected chi connectivity index (χ1v) is 34.3. The number of Topliss-reactive ketones (excluding diaryl/α,β-unsaturated/α-hetero) is 1. The van der Waals surface area contributed by atoms with E-state index in [0.29, 0.717) is 6.42 Å². The fraction of sp³-hybridized carbons (Fsp3) is 0.400. The first-order chi connectivity index (χ1) is 45.0. The number of ketones is 1. The van der Waals surface area contributed by atoms with E-state index in [0.717, 1.165) is 101 Å². The molecule has 5 aliphatic heterocycles. The highest BCUT2D eigenvalue weighted by molar-refractivity contribution is 9.11. The second kappa shape index (κ2) is 29.8. The van der Waals surface area contributed by atoms with Crippen molar-refractivity contribution >= 4 is 106 Å². The number of fused-ring (bicyclic) bond motifs is 9. The van der Waals surface area contributed by atoms with Crippen molar-refractivity contribution in [3.05, 3.63) is 185 Å². The molecular formula is C75H97Br2N15O4S. The van der Waals surface area contributed by atoms with E-state index in [1.165, 1.54) is 71.1 Å². The number of carbonyl (C=O) groups excluding carboxylic acids is 2. The Morgan fingerprint density at radius 1 is 0.536 bits per heavy atom. The molecule has 0 spiro atoms. The second-order valence-corrected chi connectivity index (χ2v) is 30.7. The van der Waals surface area contributed by atoms with Crippen LogP contribution in [0.5, 0.6) is 0 Å². The number of para-hydroxylation sites is 2. The van der Waals surface area contributed by atoms with Crippen molar-refractivity contribution in [2.45, 2.75) is 198 Å². The summed E-state index contributed by atoms with van der Waals surface area (Å²) >= 11 is 12.3. The van der Waals surface area contributed by atoms with E-state index >= 15 is 0 Å². The number of aliphatic carboxylic acids is 1. The second-order valence-electron chi connectivity index (χ2n) is 28.5. The SMILES string of the molecule is CC(=O)N/N=C1\Cc2c(C)cccc2NC1(C)C.CC(C)(N)C(=O)O.Cc1c(Br)ccc2c1-n1c(C)nnc1C(C)(C)N2.Cc1cccc(Br)c1N.Cc1cccc2c1-n1c(C)nnc1C(C)(C)N2.Cc1cccc2c1CC(=O)C(C)(C)N2.Cc1cccc2c1CC(=S)C(C)(C)N2. The third-order valence-electron chi connectivity index (χ3n) is 17.6. The number of benzene rings is 6. The number of rotatable bonds is 2.